The molecule has 1 saturated carbocycles. The van der Waals surface area contributed by atoms with E-state index in [2.05, 4.69) is 30.4 Å². The number of halogens is 1. The number of nitrogens with zero attached hydrogens (tertiary/aromatic N) is 1. The van der Waals surface area contributed by atoms with Crippen molar-refractivity contribution < 1.29 is 0 Å². The molecule has 0 atom stereocenters. The molecule has 0 unspecified atom stereocenters. The van der Waals surface area contributed by atoms with Crippen molar-refractivity contribution in [1.82, 2.24) is 4.98 Å². The summed E-state index contributed by atoms with van der Waals surface area (Å²) >= 11 is 6.19. The molecule has 0 spiro atoms. The Morgan fingerprint density at radius 1 is 1.26 bits per heavy atom. The molecule has 1 N–H and O–H groups in total. The predicted molar refractivity (Wildman–Crippen MR) is 82.0 cm³/mol. The Morgan fingerprint density at radius 3 is 2.74 bits per heavy atom. The SMILES string of the molecule is Cc1cc2ccccc2nc1NC1(CCl)CCCC1. The molecule has 1 heterocycles. The minimum Gasteiger partial charge on any atom is -0.363 e. The van der Waals surface area contributed by atoms with E-state index in [4.69, 9.17) is 16.6 Å². The second-order valence-corrected chi connectivity index (χ2v) is 5.86. The highest BCUT2D eigenvalue weighted by atomic mass is 35.5. The Bertz CT molecular complexity index is 588. The zero-order valence-electron chi connectivity index (χ0n) is 11.2. The van der Waals surface area contributed by atoms with Crippen LogP contribution in [0.15, 0.2) is 30.3 Å². The second kappa shape index (κ2) is 5.01. The molecule has 2 nitrogen and oxygen atoms in total. The first-order valence-corrected chi connectivity index (χ1v) is 7.46. The maximum Gasteiger partial charge on any atom is 0.130 e. The normalized spacial score (nSPS) is 17.8. The molecule has 1 aliphatic carbocycles. The van der Waals surface area contributed by atoms with Crippen LogP contribution < -0.4 is 5.32 Å². The third kappa shape index (κ3) is 2.42. The number of pyridine rings is 1. The molecule has 1 aromatic carbocycles. The first kappa shape index (κ1) is 12.7. The third-order valence-corrected chi connectivity index (χ3v) is 4.63. The number of hydrogen-bond acceptors (Lipinski definition) is 2. The van der Waals surface area contributed by atoms with Crippen LogP contribution in [0, 0.1) is 6.92 Å². The van der Waals surface area contributed by atoms with Crippen LogP contribution >= 0.6 is 11.6 Å². The van der Waals surface area contributed by atoms with Crippen molar-refractivity contribution in [3.8, 4) is 0 Å². The molecule has 0 aliphatic heterocycles. The Morgan fingerprint density at radius 2 is 2.00 bits per heavy atom. The van der Waals surface area contributed by atoms with Crippen LogP contribution in [0.25, 0.3) is 10.9 Å². The Balaban J connectivity index is 1.98. The number of nitrogens with one attached hydrogen (secondary N) is 1. The van der Waals surface area contributed by atoms with Crippen molar-refractivity contribution in [3.63, 3.8) is 0 Å². The second-order valence-electron chi connectivity index (χ2n) is 5.59. The number of para-hydroxylation sites is 1. The van der Waals surface area contributed by atoms with Crippen LogP contribution in [-0.4, -0.2) is 16.4 Å². The summed E-state index contributed by atoms with van der Waals surface area (Å²) in [5, 5.41) is 4.81. The van der Waals surface area contributed by atoms with Gasteiger partial charge < -0.3 is 5.32 Å². The molecule has 0 amide bonds. The van der Waals surface area contributed by atoms with E-state index in [9.17, 15) is 0 Å². The highest BCUT2D eigenvalue weighted by molar-refractivity contribution is 6.18. The molecule has 1 aromatic heterocycles. The maximum absolute atomic E-state index is 6.19. The van der Waals surface area contributed by atoms with E-state index in [0.29, 0.717) is 5.88 Å². The van der Waals surface area contributed by atoms with Gasteiger partial charge in [0.05, 0.1) is 11.1 Å². The maximum atomic E-state index is 6.19. The van der Waals surface area contributed by atoms with Crippen molar-refractivity contribution in [2.24, 2.45) is 0 Å². The van der Waals surface area contributed by atoms with Gasteiger partial charge in [-0.05, 0) is 37.5 Å². The molecule has 3 heteroatoms. The first-order valence-electron chi connectivity index (χ1n) is 6.93. The van der Waals surface area contributed by atoms with Gasteiger partial charge in [0, 0.05) is 11.3 Å². The average molecular weight is 275 g/mol. The number of anilines is 1. The molecule has 0 bridgehead atoms. The number of aromatic nitrogens is 1. The van der Waals surface area contributed by atoms with E-state index in [-0.39, 0.29) is 5.54 Å². The van der Waals surface area contributed by atoms with E-state index < -0.39 is 0 Å². The van der Waals surface area contributed by atoms with Gasteiger partial charge in [-0.3, -0.25) is 0 Å². The highest BCUT2D eigenvalue weighted by Gasteiger charge is 2.33. The lowest BCUT2D eigenvalue weighted by atomic mass is 10.00. The molecule has 1 fully saturated rings. The number of alkyl halides is 1. The average Bonchev–Trinajstić information content (AvgIpc) is 2.89. The summed E-state index contributed by atoms with van der Waals surface area (Å²) in [5.74, 6) is 1.64. The first-order chi connectivity index (χ1) is 9.22. The largest absolute Gasteiger partial charge is 0.363 e. The van der Waals surface area contributed by atoms with Gasteiger partial charge >= 0.3 is 0 Å². The van der Waals surface area contributed by atoms with E-state index in [0.717, 1.165) is 24.2 Å². The smallest absolute Gasteiger partial charge is 0.130 e. The van der Waals surface area contributed by atoms with Gasteiger partial charge in [-0.1, -0.05) is 31.0 Å². The number of hydrogen-bond donors (Lipinski definition) is 1. The van der Waals surface area contributed by atoms with Gasteiger partial charge in [0.1, 0.15) is 5.82 Å². The molecule has 0 saturated heterocycles. The monoisotopic (exact) mass is 274 g/mol. The molecule has 2 aromatic rings. The molecule has 100 valence electrons. The van der Waals surface area contributed by atoms with E-state index in [1.54, 1.807) is 0 Å². The molecule has 0 radical (unpaired) electrons. The molecular weight excluding hydrogens is 256 g/mol. The van der Waals surface area contributed by atoms with Gasteiger partial charge in [0.2, 0.25) is 0 Å². The predicted octanol–water partition coefficient (Wildman–Crippen LogP) is 4.51. The van der Waals surface area contributed by atoms with Gasteiger partial charge in [-0.25, -0.2) is 4.98 Å². The summed E-state index contributed by atoms with van der Waals surface area (Å²) in [4.78, 5) is 4.76. The fourth-order valence-corrected chi connectivity index (χ4v) is 3.28. The van der Waals surface area contributed by atoms with Crippen LogP contribution in [0.2, 0.25) is 0 Å². The summed E-state index contributed by atoms with van der Waals surface area (Å²) < 4.78 is 0. The van der Waals surface area contributed by atoms with Crippen molar-refractivity contribution >= 4 is 28.3 Å². The van der Waals surface area contributed by atoms with Crippen molar-refractivity contribution in [1.29, 1.82) is 0 Å². The van der Waals surface area contributed by atoms with Gasteiger partial charge in [0.25, 0.3) is 0 Å². The lowest BCUT2D eigenvalue weighted by molar-refractivity contribution is 0.537. The fourth-order valence-electron chi connectivity index (χ4n) is 2.94. The van der Waals surface area contributed by atoms with E-state index >= 15 is 0 Å². The number of aryl methyl sites for hydroxylation is 1. The van der Waals surface area contributed by atoms with E-state index in [1.165, 1.54) is 23.8 Å². The summed E-state index contributed by atoms with van der Waals surface area (Å²) in [5.41, 5.74) is 2.27. The molecule has 19 heavy (non-hydrogen) atoms. The Labute approximate surface area is 119 Å². The lowest BCUT2D eigenvalue weighted by Gasteiger charge is -2.29. The van der Waals surface area contributed by atoms with E-state index in [1.807, 2.05) is 12.1 Å². The summed E-state index contributed by atoms with van der Waals surface area (Å²) in [6.07, 6.45) is 4.80. The zero-order valence-corrected chi connectivity index (χ0v) is 12.0. The van der Waals surface area contributed by atoms with Crippen LogP contribution in [0.4, 0.5) is 5.82 Å². The Hall–Kier alpha value is -1.28. The minimum absolute atomic E-state index is 0.0434. The summed E-state index contributed by atoms with van der Waals surface area (Å²) in [7, 11) is 0. The van der Waals surface area contributed by atoms with Gasteiger partial charge in [-0.2, -0.15) is 0 Å². The van der Waals surface area contributed by atoms with Crippen molar-refractivity contribution in [2.45, 2.75) is 38.1 Å². The van der Waals surface area contributed by atoms with Crippen LogP contribution in [0.1, 0.15) is 31.2 Å². The third-order valence-electron chi connectivity index (χ3n) is 4.11. The fraction of sp³-hybridized carbons (Fsp3) is 0.438. The minimum atomic E-state index is 0.0434. The van der Waals surface area contributed by atoms with Crippen molar-refractivity contribution in [2.75, 3.05) is 11.2 Å². The topological polar surface area (TPSA) is 24.9 Å². The summed E-state index contributed by atoms with van der Waals surface area (Å²) in [6, 6.07) is 10.4. The Kier molecular flexibility index (Phi) is 3.36. The van der Waals surface area contributed by atoms with Gasteiger partial charge in [0.15, 0.2) is 0 Å². The highest BCUT2D eigenvalue weighted by Crippen LogP contribution is 2.35. The standard InChI is InChI=1S/C16H19ClN2/c1-12-10-13-6-2-3-7-14(13)18-15(12)19-16(11-17)8-4-5-9-16/h2-3,6-7,10H,4-5,8-9,11H2,1H3,(H,18,19). The molecule has 1 aliphatic rings. The molecular formula is C16H19ClN2. The zero-order chi connectivity index (χ0) is 13.3. The number of fused-ring (bicyclic) bond motifs is 1. The van der Waals surface area contributed by atoms with Crippen LogP contribution in [0.3, 0.4) is 0 Å². The number of rotatable bonds is 3. The number of benzene rings is 1. The quantitative estimate of drug-likeness (QED) is 0.833. The van der Waals surface area contributed by atoms with Gasteiger partial charge in [-0.15, -0.1) is 11.6 Å². The molecule has 3 rings (SSSR count). The van der Waals surface area contributed by atoms with Crippen LogP contribution in [-0.2, 0) is 0 Å². The van der Waals surface area contributed by atoms with Crippen molar-refractivity contribution in [3.05, 3.63) is 35.9 Å². The summed E-state index contributed by atoms with van der Waals surface area (Å²) in [6.45, 7) is 2.11. The van der Waals surface area contributed by atoms with Crippen LogP contribution in [0.5, 0.6) is 0 Å². The lowest BCUT2D eigenvalue weighted by Crippen LogP contribution is -2.37.